The molecule has 1 aromatic rings. The van der Waals surface area contributed by atoms with Crippen molar-refractivity contribution in [2.45, 2.75) is 6.42 Å². The summed E-state index contributed by atoms with van der Waals surface area (Å²) >= 11 is 6.88. The molecule has 1 aliphatic rings. The quantitative estimate of drug-likeness (QED) is 0.722. The second-order valence-corrected chi connectivity index (χ2v) is 4.44. The average molecular weight is 292 g/mol. The summed E-state index contributed by atoms with van der Waals surface area (Å²) < 4.78 is 1.95. The van der Waals surface area contributed by atoms with Crippen LogP contribution < -0.4 is 11.1 Å². The summed E-state index contributed by atoms with van der Waals surface area (Å²) in [4.78, 5) is 0. The van der Waals surface area contributed by atoms with Gasteiger partial charge in [-0.1, -0.05) is 0 Å². The molecule has 0 unspecified atom stereocenters. The van der Waals surface area contributed by atoms with E-state index in [1.165, 1.54) is 5.56 Å². The minimum absolute atomic E-state index is 0.767. The number of benzene rings is 1. The van der Waals surface area contributed by atoms with Gasteiger partial charge in [-0.3, -0.25) is 0 Å². The van der Waals surface area contributed by atoms with Gasteiger partial charge < -0.3 is 11.1 Å². The Balaban J connectivity index is 2.67. The van der Waals surface area contributed by atoms with Crippen LogP contribution in [0.3, 0.4) is 0 Å². The highest BCUT2D eigenvalue weighted by Crippen LogP contribution is 2.39. The Bertz CT molecular complexity index is 336. The van der Waals surface area contributed by atoms with E-state index in [1.807, 2.05) is 0 Å². The Kier molecular flexibility index (Phi) is 2.04. The second-order valence-electron chi connectivity index (χ2n) is 2.80. The molecule has 2 nitrogen and oxygen atoms in total. The zero-order valence-corrected chi connectivity index (χ0v) is 9.50. The first kappa shape index (κ1) is 8.38. The number of hydrogen-bond acceptors (Lipinski definition) is 2. The van der Waals surface area contributed by atoms with E-state index >= 15 is 0 Å². The highest BCUT2D eigenvalue weighted by atomic mass is 79.9. The fourth-order valence-corrected chi connectivity index (χ4v) is 2.74. The highest BCUT2D eigenvalue weighted by molar-refractivity contribution is 9.11. The van der Waals surface area contributed by atoms with Gasteiger partial charge in [-0.25, -0.2) is 0 Å². The second kappa shape index (κ2) is 2.92. The van der Waals surface area contributed by atoms with Gasteiger partial charge >= 0.3 is 0 Å². The molecule has 3 N–H and O–H groups in total. The molecule has 1 aromatic carbocycles. The summed E-state index contributed by atoms with van der Waals surface area (Å²) in [5.74, 6) is 0. The smallest absolute Gasteiger partial charge is 0.0650 e. The van der Waals surface area contributed by atoms with Crippen molar-refractivity contribution in [2.75, 3.05) is 17.6 Å². The number of rotatable bonds is 0. The van der Waals surface area contributed by atoms with Gasteiger partial charge in [-0.2, -0.15) is 0 Å². The minimum atomic E-state index is 0.767. The van der Waals surface area contributed by atoms with Crippen molar-refractivity contribution in [3.8, 4) is 0 Å². The predicted molar refractivity (Wildman–Crippen MR) is 58.4 cm³/mol. The molecule has 1 heterocycles. The molecular formula is C8H8Br2N2. The van der Waals surface area contributed by atoms with Crippen LogP contribution in [-0.2, 0) is 6.42 Å². The van der Waals surface area contributed by atoms with Crippen LogP contribution in [0, 0.1) is 0 Å². The topological polar surface area (TPSA) is 38.0 Å². The molecule has 0 amide bonds. The molecule has 4 heteroatoms. The Morgan fingerprint density at radius 2 is 2.17 bits per heavy atom. The molecule has 0 fully saturated rings. The molecule has 0 radical (unpaired) electrons. The third-order valence-corrected chi connectivity index (χ3v) is 3.51. The van der Waals surface area contributed by atoms with Gasteiger partial charge in [0, 0.05) is 11.0 Å². The fourth-order valence-electron chi connectivity index (χ4n) is 1.39. The Labute approximate surface area is 87.8 Å². The van der Waals surface area contributed by atoms with Crippen LogP contribution in [0.15, 0.2) is 15.0 Å². The molecule has 2 rings (SSSR count). The van der Waals surface area contributed by atoms with Gasteiger partial charge in [0.15, 0.2) is 0 Å². The van der Waals surface area contributed by atoms with Gasteiger partial charge in [-0.05, 0) is 49.9 Å². The maximum atomic E-state index is 5.82. The van der Waals surface area contributed by atoms with Gasteiger partial charge in [-0.15, -0.1) is 0 Å². The molecule has 0 atom stereocenters. The standard InChI is InChI=1S/C8H8Br2N2/c9-5-3-4-1-2-12-8(4)6(10)7(5)11/h3,12H,1-2,11H2. The summed E-state index contributed by atoms with van der Waals surface area (Å²) in [6.45, 7) is 1.00. The van der Waals surface area contributed by atoms with Crippen LogP contribution in [0.2, 0.25) is 0 Å². The van der Waals surface area contributed by atoms with E-state index in [9.17, 15) is 0 Å². The normalized spacial score (nSPS) is 14.2. The van der Waals surface area contributed by atoms with Crippen LogP contribution in [0.1, 0.15) is 5.56 Å². The van der Waals surface area contributed by atoms with Gasteiger partial charge in [0.2, 0.25) is 0 Å². The van der Waals surface area contributed by atoms with Crippen molar-refractivity contribution < 1.29 is 0 Å². The summed E-state index contributed by atoms with van der Waals surface area (Å²) in [5.41, 5.74) is 9.06. The van der Waals surface area contributed by atoms with Crippen molar-refractivity contribution in [3.05, 3.63) is 20.6 Å². The lowest BCUT2D eigenvalue weighted by Gasteiger charge is -2.07. The maximum Gasteiger partial charge on any atom is 0.0650 e. The van der Waals surface area contributed by atoms with E-state index in [4.69, 9.17) is 5.73 Å². The Hall–Kier alpha value is -0.220. The first-order valence-corrected chi connectivity index (χ1v) is 5.29. The zero-order chi connectivity index (χ0) is 8.72. The molecule has 0 saturated carbocycles. The van der Waals surface area contributed by atoms with Crippen LogP contribution >= 0.6 is 31.9 Å². The van der Waals surface area contributed by atoms with Crippen LogP contribution in [0.4, 0.5) is 11.4 Å². The van der Waals surface area contributed by atoms with Crippen molar-refractivity contribution in [1.82, 2.24) is 0 Å². The SMILES string of the molecule is Nc1c(Br)cc2c(c1Br)NCC2. The molecule has 1 aliphatic heterocycles. The molecule has 0 bridgehead atoms. The zero-order valence-electron chi connectivity index (χ0n) is 6.32. The summed E-state index contributed by atoms with van der Waals surface area (Å²) in [7, 11) is 0. The lowest BCUT2D eigenvalue weighted by Crippen LogP contribution is -1.94. The van der Waals surface area contributed by atoms with Crippen LogP contribution in [-0.4, -0.2) is 6.54 Å². The lowest BCUT2D eigenvalue weighted by atomic mass is 10.1. The first-order chi connectivity index (χ1) is 5.70. The molecule has 64 valence electrons. The fraction of sp³-hybridized carbons (Fsp3) is 0.250. The number of nitrogen functional groups attached to an aromatic ring is 1. The largest absolute Gasteiger partial charge is 0.397 e. The van der Waals surface area contributed by atoms with Crippen molar-refractivity contribution in [1.29, 1.82) is 0 Å². The van der Waals surface area contributed by atoms with Gasteiger partial charge in [0.25, 0.3) is 0 Å². The monoisotopic (exact) mass is 290 g/mol. The van der Waals surface area contributed by atoms with Crippen molar-refractivity contribution >= 4 is 43.2 Å². The Morgan fingerprint density at radius 3 is 2.92 bits per heavy atom. The van der Waals surface area contributed by atoms with Crippen molar-refractivity contribution in [2.24, 2.45) is 0 Å². The summed E-state index contributed by atoms with van der Waals surface area (Å²) in [6.07, 6.45) is 1.08. The molecule has 0 aliphatic carbocycles. The molecule has 0 saturated heterocycles. The number of nitrogens with two attached hydrogens (primary N) is 1. The molecule has 12 heavy (non-hydrogen) atoms. The van der Waals surface area contributed by atoms with Crippen LogP contribution in [0.5, 0.6) is 0 Å². The molecular weight excluding hydrogens is 284 g/mol. The summed E-state index contributed by atoms with van der Waals surface area (Å²) in [5, 5.41) is 3.29. The van der Waals surface area contributed by atoms with Crippen molar-refractivity contribution in [3.63, 3.8) is 0 Å². The first-order valence-electron chi connectivity index (χ1n) is 3.70. The molecule has 0 aromatic heterocycles. The number of nitrogens with one attached hydrogen (secondary N) is 1. The third kappa shape index (κ3) is 1.13. The van der Waals surface area contributed by atoms with Crippen LogP contribution in [0.25, 0.3) is 0 Å². The lowest BCUT2D eigenvalue weighted by molar-refractivity contribution is 1.10. The molecule has 0 spiro atoms. The van der Waals surface area contributed by atoms with E-state index in [0.29, 0.717) is 0 Å². The van der Waals surface area contributed by atoms with E-state index in [2.05, 4.69) is 43.2 Å². The third-order valence-electron chi connectivity index (χ3n) is 2.03. The highest BCUT2D eigenvalue weighted by Gasteiger charge is 2.16. The van der Waals surface area contributed by atoms with Gasteiger partial charge in [0.05, 0.1) is 15.8 Å². The Morgan fingerprint density at radius 1 is 1.42 bits per heavy atom. The number of fused-ring (bicyclic) bond motifs is 1. The van der Waals surface area contributed by atoms with E-state index in [-0.39, 0.29) is 0 Å². The van der Waals surface area contributed by atoms with E-state index < -0.39 is 0 Å². The maximum absolute atomic E-state index is 5.82. The van der Waals surface area contributed by atoms with E-state index in [0.717, 1.165) is 33.3 Å². The predicted octanol–water partition coefficient (Wildman–Crippen LogP) is 2.76. The number of anilines is 2. The number of hydrogen-bond donors (Lipinski definition) is 2. The average Bonchev–Trinajstić information content (AvgIpc) is 2.48. The van der Waals surface area contributed by atoms with Gasteiger partial charge in [0.1, 0.15) is 0 Å². The summed E-state index contributed by atoms with van der Waals surface area (Å²) in [6, 6.07) is 2.08. The minimum Gasteiger partial charge on any atom is -0.397 e. The van der Waals surface area contributed by atoms with E-state index in [1.54, 1.807) is 0 Å². The number of halogens is 2.